The third-order valence-corrected chi connectivity index (χ3v) is 2.68. The SMILES string of the molecule is CNCC(=O)NCCc1coc(-c2ccc(F)cc2)n1. The van der Waals surface area contributed by atoms with Crippen LogP contribution in [0.2, 0.25) is 0 Å². The van der Waals surface area contributed by atoms with E-state index in [1.807, 2.05) is 0 Å². The van der Waals surface area contributed by atoms with Gasteiger partial charge in [-0.25, -0.2) is 9.37 Å². The van der Waals surface area contributed by atoms with Crippen molar-refractivity contribution in [3.63, 3.8) is 0 Å². The van der Waals surface area contributed by atoms with Gasteiger partial charge in [-0.3, -0.25) is 4.79 Å². The van der Waals surface area contributed by atoms with Gasteiger partial charge < -0.3 is 15.1 Å². The van der Waals surface area contributed by atoms with E-state index < -0.39 is 0 Å². The Balaban J connectivity index is 1.89. The van der Waals surface area contributed by atoms with Crippen molar-refractivity contribution >= 4 is 5.91 Å². The van der Waals surface area contributed by atoms with Crippen LogP contribution in [0, 0.1) is 5.82 Å². The van der Waals surface area contributed by atoms with Gasteiger partial charge in [0.05, 0.1) is 12.2 Å². The van der Waals surface area contributed by atoms with Crippen molar-refractivity contribution in [1.29, 1.82) is 0 Å². The van der Waals surface area contributed by atoms with Gasteiger partial charge in [-0.15, -0.1) is 0 Å². The molecule has 0 radical (unpaired) electrons. The first-order chi connectivity index (χ1) is 9.69. The molecular weight excluding hydrogens is 261 g/mol. The van der Waals surface area contributed by atoms with E-state index in [4.69, 9.17) is 4.42 Å². The number of carbonyl (C=O) groups excluding carboxylic acids is 1. The minimum absolute atomic E-state index is 0.0604. The molecule has 0 fully saturated rings. The highest BCUT2D eigenvalue weighted by atomic mass is 19.1. The molecule has 1 amide bonds. The molecule has 5 nitrogen and oxygen atoms in total. The predicted octanol–water partition coefficient (Wildman–Crippen LogP) is 1.36. The van der Waals surface area contributed by atoms with E-state index in [0.29, 0.717) is 25.4 Å². The third-order valence-electron chi connectivity index (χ3n) is 2.68. The maximum atomic E-state index is 12.8. The smallest absolute Gasteiger partial charge is 0.233 e. The summed E-state index contributed by atoms with van der Waals surface area (Å²) in [6.45, 7) is 0.787. The molecule has 0 aliphatic carbocycles. The van der Waals surface area contributed by atoms with Crippen LogP contribution >= 0.6 is 0 Å². The molecular formula is C14H16FN3O2. The van der Waals surface area contributed by atoms with Crippen LogP contribution in [0.5, 0.6) is 0 Å². The molecule has 0 spiro atoms. The van der Waals surface area contributed by atoms with Gasteiger partial charge >= 0.3 is 0 Å². The summed E-state index contributed by atoms with van der Waals surface area (Å²) in [5.74, 6) is 0.0871. The van der Waals surface area contributed by atoms with E-state index >= 15 is 0 Å². The summed E-state index contributed by atoms with van der Waals surface area (Å²) in [6.07, 6.45) is 2.13. The van der Waals surface area contributed by atoms with Crippen LogP contribution in [0.4, 0.5) is 4.39 Å². The Morgan fingerprint density at radius 3 is 2.80 bits per heavy atom. The van der Waals surface area contributed by atoms with E-state index in [1.54, 1.807) is 25.4 Å². The lowest BCUT2D eigenvalue weighted by atomic mass is 10.2. The molecule has 1 heterocycles. The van der Waals surface area contributed by atoms with Crippen LogP contribution in [0.3, 0.4) is 0 Å². The van der Waals surface area contributed by atoms with E-state index in [1.165, 1.54) is 12.1 Å². The number of halogens is 1. The number of nitrogens with zero attached hydrogens (tertiary/aromatic N) is 1. The molecule has 1 aromatic heterocycles. The number of nitrogens with one attached hydrogen (secondary N) is 2. The highest BCUT2D eigenvalue weighted by Gasteiger charge is 2.07. The lowest BCUT2D eigenvalue weighted by molar-refractivity contribution is -0.120. The molecule has 2 N–H and O–H groups in total. The summed E-state index contributed by atoms with van der Waals surface area (Å²) >= 11 is 0. The second kappa shape index (κ2) is 6.81. The molecule has 0 bridgehead atoms. The first-order valence-electron chi connectivity index (χ1n) is 6.30. The monoisotopic (exact) mass is 277 g/mol. The van der Waals surface area contributed by atoms with Crippen molar-refractivity contribution in [2.24, 2.45) is 0 Å². The summed E-state index contributed by atoms with van der Waals surface area (Å²) in [5.41, 5.74) is 1.46. The second-order valence-electron chi connectivity index (χ2n) is 4.28. The van der Waals surface area contributed by atoms with Crippen molar-refractivity contribution in [3.8, 4) is 11.5 Å². The fraction of sp³-hybridized carbons (Fsp3) is 0.286. The highest BCUT2D eigenvalue weighted by molar-refractivity contribution is 5.77. The molecule has 1 aromatic carbocycles. The van der Waals surface area contributed by atoms with Crippen LogP contribution in [0.1, 0.15) is 5.69 Å². The number of rotatable bonds is 6. The van der Waals surface area contributed by atoms with Crippen LogP contribution in [0.25, 0.3) is 11.5 Å². The fourth-order valence-electron chi connectivity index (χ4n) is 1.70. The second-order valence-corrected chi connectivity index (χ2v) is 4.28. The summed E-state index contributed by atoms with van der Waals surface area (Å²) in [4.78, 5) is 15.5. The number of benzene rings is 1. The first kappa shape index (κ1) is 14.2. The Hall–Kier alpha value is -2.21. The molecule has 0 saturated heterocycles. The van der Waals surface area contributed by atoms with Crippen molar-refractivity contribution in [2.45, 2.75) is 6.42 Å². The number of oxazole rings is 1. The maximum Gasteiger partial charge on any atom is 0.233 e. The molecule has 2 rings (SSSR count). The van der Waals surface area contributed by atoms with E-state index in [0.717, 1.165) is 11.3 Å². The van der Waals surface area contributed by atoms with Crippen molar-refractivity contribution in [1.82, 2.24) is 15.6 Å². The zero-order chi connectivity index (χ0) is 14.4. The van der Waals surface area contributed by atoms with Gasteiger partial charge in [0.1, 0.15) is 12.1 Å². The summed E-state index contributed by atoms with van der Waals surface area (Å²) in [5, 5.41) is 5.53. The topological polar surface area (TPSA) is 67.2 Å². The first-order valence-corrected chi connectivity index (χ1v) is 6.30. The Morgan fingerprint density at radius 1 is 1.35 bits per heavy atom. The Bertz CT molecular complexity index is 566. The lowest BCUT2D eigenvalue weighted by Crippen LogP contribution is -2.33. The van der Waals surface area contributed by atoms with Gasteiger partial charge in [0.25, 0.3) is 0 Å². The average molecular weight is 277 g/mol. The molecule has 0 atom stereocenters. The van der Waals surface area contributed by atoms with E-state index in [2.05, 4.69) is 15.6 Å². The van der Waals surface area contributed by atoms with Gasteiger partial charge in [0, 0.05) is 18.5 Å². The number of aromatic nitrogens is 1. The third kappa shape index (κ3) is 3.89. The maximum absolute atomic E-state index is 12.8. The molecule has 6 heteroatoms. The molecule has 106 valence electrons. The Labute approximate surface area is 116 Å². The molecule has 0 aliphatic rings. The van der Waals surface area contributed by atoms with Crippen LogP contribution in [-0.4, -0.2) is 31.0 Å². The average Bonchev–Trinajstić information content (AvgIpc) is 2.89. The fourth-order valence-corrected chi connectivity index (χ4v) is 1.70. The summed E-state index contributed by atoms with van der Waals surface area (Å²) in [7, 11) is 1.71. The van der Waals surface area contributed by atoms with Crippen molar-refractivity contribution < 1.29 is 13.6 Å². The van der Waals surface area contributed by atoms with Crippen LogP contribution in [0.15, 0.2) is 34.9 Å². The summed E-state index contributed by atoms with van der Waals surface area (Å²) in [6, 6.07) is 5.94. The van der Waals surface area contributed by atoms with Crippen molar-refractivity contribution in [3.05, 3.63) is 42.0 Å². The normalized spacial score (nSPS) is 10.5. The quantitative estimate of drug-likeness (QED) is 0.836. The molecule has 2 aromatic rings. The molecule has 0 saturated carbocycles. The van der Waals surface area contributed by atoms with Gasteiger partial charge in [-0.05, 0) is 31.3 Å². The Kier molecular flexibility index (Phi) is 4.84. The van der Waals surface area contributed by atoms with Gasteiger partial charge in [-0.1, -0.05) is 0 Å². The zero-order valence-corrected chi connectivity index (χ0v) is 11.1. The minimum Gasteiger partial charge on any atom is -0.444 e. The number of carbonyl (C=O) groups is 1. The largest absolute Gasteiger partial charge is 0.444 e. The van der Waals surface area contributed by atoms with Gasteiger partial charge in [-0.2, -0.15) is 0 Å². The van der Waals surface area contributed by atoms with Gasteiger partial charge in [0.2, 0.25) is 11.8 Å². The number of amides is 1. The molecule has 20 heavy (non-hydrogen) atoms. The van der Waals surface area contributed by atoms with E-state index in [-0.39, 0.29) is 11.7 Å². The zero-order valence-electron chi connectivity index (χ0n) is 11.1. The Morgan fingerprint density at radius 2 is 2.10 bits per heavy atom. The van der Waals surface area contributed by atoms with E-state index in [9.17, 15) is 9.18 Å². The lowest BCUT2D eigenvalue weighted by Gasteiger charge is -2.02. The standard InChI is InChI=1S/C14H16FN3O2/c1-16-8-13(19)17-7-6-12-9-20-14(18-12)10-2-4-11(15)5-3-10/h2-5,9,16H,6-8H2,1H3,(H,17,19). The molecule has 0 unspecified atom stereocenters. The molecule has 0 aliphatic heterocycles. The number of likely N-dealkylation sites (N-methyl/N-ethyl adjacent to an activating group) is 1. The number of hydrogen-bond donors (Lipinski definition) is 2. The van der Waals surface area contributed by atoms with Crippen LogP contribution < -0.4 is 10.6 Å². The predicted molar refractivity (Wildman–Crippen MR) is 72.5 cm³/mol. The van der Waals surface area contributed by atoms with Crippen LogP contribution in [-0.2, 0) is 11.2 Å². The minimum atomic E-state index is -0.298. The highest BCUT2D eigenvalue weighted by Crippen LogP contribution is 2.18. The van der Waals surface area contributed by atoms with Gasteiger partial charge in [0.15, 0.2) is 0 Å². The van der Waals surface area contributed by atoms with Crippen molar-refractivity contribution in [2.75, 3.05) is 20.1 Å². The summed E-state index contributed by atoms with van der Waals surface area (Å²) < 4.78 is 18.2. The number of hydrogen-bond acceptors (Lipinski definition) is 4.